The Kier molecular flexibility index (Phi) is 14.5. The van der Waals surface area contributed by atoms with Crippen LogP contribution in [-0.2, 0) is 58.1 Å². The van der Waals surface area contributed by atoms with Gasteiger partial charge in [0, 0.05) is 12.3 Å². The molecule has 1 saturated heterocycles. The fourth-order valence-electron chi connectivity index (χ4n) is 3.89. The first-order chi connectivity index (χ1) is 22.0. The average molecular weight is 704 g/mol. The third-order valence-corrected chi connectivity index (χ3v) is 7.85. The summed E-state index contributed by atoms with van der Waals surface area (Å²) in [5.41, 5.74) is -1.50. The molecule has 22 heteroatoms. The van der Waals surface area contributed by atoms with Crippen molar-refractivity contribution in [3.63, 3.8) is 0 Å². The standard InChI is InChI=1S/C25H39FN3O17P/c1-6-38-22(34)41-13-44-47(37,45-14-42-23(35)39-7-2)43-11-25(10-26)19(32)24(5,36)20(46-25)28-9-8-16(30)29(21(28)33)12-40-18(31)17(27)15(3)4/h8-9,15,17,19-20,32,36H,6-7,10-14,27H2,1-5H3/t17?,19-,20+,24+,25+/m0/s1. The Balaban J connectivity index is 2.33. The number of phosphoric ester groups is 1. The van der Waals surface area contributed by atoms with Crippen LogP contribution >= 0.6 is 7.82 Å². The number of aliphatic hydroxyl groups excluding tert-OH is 1. The molecule has 0 radical (unpaired) electrons. The highest BCUT2D eigenvalue weighted by atomic mass is 31.2. The van der Waals surface area contributed by atoms with Gasteiger partial charge in [-0.2, -0.15) is 0 Å². The van der Waals surface area contributed by atoms with Gasteiger partial charge in [-0.15, -0.1) is 0 Å². The zero-order valence-electron chi connectivity index (χ0n) is 26.2. The molecule has 1 aliphatic heterocycles. The van der Waals surface area contributed by atoms with Gasteiger partial charge in [0.2, 0.25) is 13.6 Å². The van der Waals surface area contributed by atoms with Crippen molar-refractivity contribution in [2.24, 2.45) is 11.7 Å². The zero-order chi connectivity index (χ0) is 35.6. The van der Waals surface area contributed by atoms with Crippen LogP contribution in [0.15, 0.2) is 21.9 Å². The van der Waals surface area contributed by atoms with Crippen LogP contribution in [0.3, 0.4) is 0 Å². The number of aromatic nitrogens is 2. The first-order valence-corrected chi connectivity index (χ1v) is 15.5. The molecule has 1 unspecified atom stereocenters. The van der Waals surface area contributed by atoms with Gasteiger partial charge in [-0.25, -0.2) is 37.0 Å². The molecule has 1 fully saturated rings. The molecule has 2 rings (SSSR count). The summed E-state index contributed by atoms with van der Waals surface area (Å²) in [5, 5.41) is 22.2. The maximum Gasteiger partial charge on any atom is 0.510 e. The van der Waals surface area contributed by atoms with Gasteiger partial charge in [-0.3, -0.25) is 18.7 Å². The molecule has 1 aliphatic rings. The van der Waals surface area contributed by atoms with Crippen molar-refractivity contribution in [2.75, 3.05) is 40.1 Å². The number of carbonyl (C=O) groups excluding carboxylic acids is 3. The van der Waals surface area contributed by atoms with Crippen LogP contribution in [0, 0.1) is 5.92 Å². The van der Waals surface area contributed by atoms with Gasteiger partial charge in [0.15, 0.2) is 18.6 Å². The lowest BCUT2D eigenvalue weighted by molar-refractivity contribution is -0.151. The molecule has 268 valence electrons. The Morgan fingerprint density at radius 2 is 1.60 bits per heavy atom. The Morgan fingerprint density at radius 1 is 1.04 bits per heavy atom. The van der Waals surface area contributed by atoms with E-state index in [4.69, 9.17) is 28.8 Å². The van der Waals surface area contributed by atoms with Crippen LogP contribution in [0.25, 0.3) is 0 Å². The number of esters is 1. The summed E-state index contributed by atoms with van der Waals surface area (Å²) in [7, 11) is -4.97. The van der Waals surface area contributed by atoms with Gasteiger partial charge in [0.25, 0.3) is 5.56 Å². The zero-order valence-corrected chi connectivity index (χ0v) is 27.1. The van der Waals surface area contributed by atoms with Crippen molar-refractivity contribution in [2.45, 2.75) is 70.9 Å². The van der Waals surface area contributed by atoms with E-state index in [9.17, 15) is 43.1 Å². The Morgan fingerprint density at radius 3 is 2.09 bits per heavy atom. The summed E-state index contributed by atoms with van der Waals surface area (Å²) in [6, 6.07) is -0.216. The summed E-state index contributed by atoms with van der Waals surface area (Å²) in [6.45, 7) is 1.09. The molecule has 0 spiro atoms. The molecule has 4 N–H and O–H groups in total. The van der Waals surface area contributed by atoms with Crippen molar-refractivity contribution < 1.29 is 75.5 Å². The second kappa shape index (κ2) is 17.1. The first-order valence-electron chi connectivity index (χ1n) is 14.0. The van der Waals surface area contributed by atoms with E-state index in [0.717, 1.165) is 19.2 Å². The molecule has 0 bridgehead atoms. The van der Waals surface area contributed by atoms with E-state index in [0.29, 0.717) is 9.13 Å². The normalized spacial score (nSPS) is 23.3. The van der Waals surface area contributed by atoms with Crippen LogP contribution in [0.4, 0.5) is 14.0 Å². The van der Waals surface area contributed by atoms with Gasteiger partial charge in [-0.05, 0) is 26.7 Å². The van der Waals surface area contributed by atoms with E-state index in [1.807, 2.05) is 0 Å². The lowest BCUT2D eigenvalue weighted by atomic mass is 9.88. The molecular formula is C25H39FN3O17P. The number of halogens is 1. The lowest BCUT2D eigenvalue weighted by Crippen LogP contribution is -2.53. The van der Waals surface area contributed by atoms with Crippen molar-refractivity contribution in [3.05, 3.63) is 33.1 Å². The summed E-state index contributed by atoms with van der Waals surface area (Å²) >= 11 is 0. The molecule has 47 heavy (non-hydrogen) atoms. The first kappa shape index (κ1) is 39.7. The van der Waals surface area contributed by atoms with Crippen LogP contribution in [-0.4, -0.2) is 101 Å². The number of nitrogens with zero attached hydrogens (tertiary/aromatic N) is 2. The number of hydrogen-bond acceptors (Lipinski definition) is 18. The number of phosphoric acid groups is 1. The van der Waals surface area contributed by atoms with Crippen LogP contribution in [0.5, 0.6) is 0 Å². The summed E-state index contributed by atoms with van der Waals surface area (Å²) in [4.78, 5) is 60.8. The highest BCUT2D eigenvalue weighted by molar-refractivity contribution is 7.48. The molecule has 1 aromatic heterocycles. The fraction of sp³-hybridized carbons (Fsp3) is 0.720. The number of aliphatic hydroxyl groups is 2. The molecule has 0 aromatic carbocycles. The molecule has 1 aromatic rings. The molecule has 0 amide bonds. The maximum absolute atomic E-state index is 14.7. The minimum atomic E-state index is -4.97. The number of carbonyl (C=O) groups is 3. The molecular weight excluding hydrogens is 664 g/mol. The molecule has 0 saturated carbocycles. The number of ether oxygens (including phenoxy) is 6. The van der Waals surface area contributed by atoms with E-state index >= 15 is 0 Å². The monoisotopic (exact) mass is 703 g/mol. The Labute approximate surface area is 266 Å². The van der Waals surface area contributed by atoms with E-state index < -0.39 is 101 Å². The highest BCUT2D eigenvalue weighted by Crippen LogP contribution is 2.52. The van der Waals surface area contributed by atoms with Crippen LogP contribution < -0.4 is 17.0 Å². The SMILES string of the molecule is CCOC(=O)OCOP(=O)(OCOC(=O)OCC)OC[C@@]1(CF)O[C@@H](n2ccc(=O)n(COC(=O)C(N)C(C)C)c2=O)[C@](C)(O)[C@@H]1O. The van der Waals surface area contributed by atoms with Gasteiger partial charge < -0.3 is 44.4 Å². The second-order valence-electron chi connectivity index (χ2n) is 10.3. The Hall–Kier alpha value is -3.43. The predicted molar refractivity (Wildman–Crippen MR) is 151 cm³/mol. The lowest BCUT2D eigenvalue weighted by Gasteiger charge is -2.31. The van der Waals surface area contributed by atoms with Gasteiger partial charge in [0.05, 0.1) is 19.8 Å². The summed E-state index contributed by atoms with van der Waals surface area (Å²) in [6.07, 6.45) is -5.75. The fourth-order valence-corrected chi connectivity index (χ4v) is 4.85. The third kappa shape index (κ3) is 10.0. The number of alkyl halides is 1. The summed E-state index contributed by atoms with van der Waals surface area (Å²) < 4.78 is 72.6. The second-order valence-corrected chi connectivity index (χ2v) is 12.0. The minimum absolute atomic E-state index is 0.0791. The van der Waals surface area contributed by atoms with E-state index in [-0.39, 0.29) is 19.1 Å². The summed E-state index contributed by atoms with van der Waals surface area (Å²) in [5.74, 6) is -1.24. The van der Waals surface area contributed by atoms with Crippen molar-refractivity contribution >= 4 is 26.1 Å². The maximum atomic E-state index is 14.7. The van der Waals surface area contributed by atoms with Crippen molar-refractivity contribution in [1.82, 2.24) is 9.13 Å². The number of hydrogen-bond donors (Lipinski definition) is 3. The van der Waals surface area contributed by atoms with E-state index in [1.165, 1.54) is 13.8 Å². The molecule has 5 atom stereocenters. The number of rotatable bonds is 17. The van der Waals surface area contributed by atoms with Gasteiger partial charge in [0.1, 0.15) is 24.4 Å². The average Bonchev–Trinajstić information content (AvgIpc) is 3.20. The minimum Gasteiger partial charge on any atom is -0.442 e. The van der Waals surface area contributed by atoms with Gasteiger partial charge >= 0.3 is 31.8 Å². The molecule has 0 aliphatic carbocycles. The Bertz CT molecular complexity index is 1370. The van der Waals surface area contributed by atoms with E-state index in [1.54, 1.807) is 13.8 Å². The number of nitrogens with two attached hydrogens (primary N) is 1. The van der Waals surface area contributed by atoms with Crippen molar-refractivity contribution in [3.8, 4) is 0 Å². The topological polar surface area (TPSA) is 262 Å². The smallest absolute Gasteiger partial charge is 0.442 e. The quantitative estimate of drug-likeness (QED) is 0.0850. The third-order valence-electron chi connectivity index (χ3n) is 6.57. The molecule has 20 nitrogen and oxygen atoms in total. The molecule has 2 heterocycles. The van der Waals surface area contributed by atoms with Gasteiger partial charge in [-0.1, -0.05) is 13.8 Å². The van der Waals surface area contributed by atoms with Crippen LogP contribution in [0.2, 0.25) is 0 Å². The van der Waals surface area contributed by atoms with Crippen LogP contribution in [0.1, 0.15) is 40.8 Å². The highest BCUT2D eigenvalue weighted by Gasteiger charge is 2.63. The van der Waals surface area contributed by atoms with Crippen molar-refractivity contribution in [1.29, 1.82) is 0 Å². The predicted octanol–water partition coefficient (Wildman–Crippen LogP) is 0.262. The largest absolute Gasteiger partial charge is 0.510 e. The van der Waals surface area contributed by atoms with E-state index in [2.05, 4.69) is 18.9 Å².